The van der Waals surface area contributed by atoms with Gasteiger partial charge in [0.1, 0.15) is 42.4 Å². The Balaban J connectivity index is 1.86. The highest BCUT2D eigenvalue weighted by molar-refractivity contribution is 5.89. The molecule has 2 saturated carbocycles. The number of carbonyl (C=O) groups excluding carboxylic acids is 5. The lowest BCUT2D eigenvalue weighted by molar-refractivity contribution is -0.285. The van der Waals surface area contributed by atoms with Gasteiger partial charge in [0.05, 0.1) is 16.9 Å². The zero-order valence-electron chi connectivity index (χ0n) is 27.4. The Bertz CT molecular complexity index is 1620. The van der Waals surface area contributed by atoms with Crippen molar-refractivity contribution in [3.8, 4) is 5.75 Å². The first-order valence-electron chi connectivity index (χ1n) is 15.5. The number of fused-ring (bicyclic) bond motifs is 4. The number of carbonyl (C=O) groups is 5. The van der Waals surface area contributed by atoms with E-state index in [1.807, 2.05) is 0 Å². The quantitative estimate of drug-likeness (QED) is 0.331. The maximum absolute atomic E-state index is 13.6. The fraction of sp³-hybridized carbons (Fsp3) is 0.514. The molecule has 0 radical (unpaired) electrons. The summed E-state index contributed by atoms with van der Waals surface area (Å²) in [4.78, 5) is 64.5. The Hall–Kier alpha value is -4.45. The number of rotatable bonds is 7. The number of esters is 5. The maximum atomic E-state index is 13.6. The van der Waals surface area contributed by atoms with Crippen molar-refractivity contribution >= 4 is 29.8 Å². The van der Waals surface area contributed by atoms with Crippen molar-refractivity contribution in [1.82, 2.24) is 0 Å². The second-order valence-corrected chi connectivity index (χ2v) is 13.1. The summed E-state index contributed by atoms with van der Waals surface area (Å²) in [6.45, 7) is 9.19. The molecule has 2 fully saturated rings. The minimum atomic E-state index is -2.37. The van der Waals surface area contributed by atoms with Crippen molar-refractivity contribution < 1.29 is 57.9 Å². The summed E-state index contributed by atoms with van der Waals surface area (Å²) in [5.74, 6) is -6.24. The molecule has 2 N–H and O–H groups in total. The van der Waals surface area contributed by atoms with Crippen molar-refractivity contribution in [2.24, 2.45) is 17.3 Å². The first-order valence-corrected chi connectivity index (χ1v) is 15.5. The highest BCUT2D eigenvalue weighted by Gasteiger charge is 2.83. The van der Waals surface area contributed by atoms with E-state index in [0.717, 1.165) is 13.8 Å². The fourth-order valence-corrected chi connectivity index (χ4v) is 8.53. The third-order valence-corrected chi connectivity index (χ3v) is 10.3. The van der Waals surface area contributed by atoms with E-state index in [4.69, 9.17) is 23.7 Å². The molecule has 0 unspecified atom stereocenters. The predicted molar refractivity (Wildman–Crippen MR) is 163 cm³/mol. The molecule has 0 saturated heterocycles. The van der Waals surface area contributed by atoms with Crippen LogP contribution in [0.2, 0.25) is 0 Å². The Labute approximate surface area is 272 Å². The van der Waals surface area contributed by atoms with Gasteiger partial charge in [-0.15, -0.1) is 0 Å². The number of hydrogen-bond acceptors (Lipinski definition) is 12. The van der Waals surface area contributed by atoms with Gasteiger partial charge in [-0.05, 0) is 36.6 Å². The molecule has 12 heteroatoms. The van der Waals surface area contributed by atoms with Crippen LogP contribution < -0.4 is 0 Å². The van der Waals surface area contributed by atoms with Crippen molar-refractivity contribution in [3.63, 3.8) is 0 Å². The Morgan fingerprint density at radius 3 is 2.00 bits per heavy atom. The van der Waals surface area contributed by atoms with Crippen LogP contribution in [-0.4, -0.2) is 76.7 Å². The number of aromatic hydroxyl groups is 1. The molecular weight excluding hydrogens is 612 g/mol. The van der Waals surface area contributed by atoms with Crippen LogP contribution in [0.25, 0.3) is 0 Å². The second-order valence-electron chi connectivity index (χ2n) is 13.1. The van der Waals surface area contributed by atoms with E-state index in [1.54, 1.807) is 63.2 Å². The van der Waals surface area contributed by atoms with Gasteiger partial charge in [-0.2, -0.15) is 0 Å². The molecule has 5 rings (SSSR count). The van der Waals surface area contributed by atoms with Crippen LogP contribution in [0.15, 0.2) is 42.5 Å². The summed E-state index contributed by atoms with van der Waals surface area (Å²) in [5, 5.41) is 24.8. The van der Waals surface area contributed by atoms with Crippen molar-refractivity contribution in [2.75, 3.05) is 6.61 Å². The number of phenols is 1. The van der Waals surface area contributed by atoms with E-state index in [9.17, 15) is 34.2 Å². The van der Waals surface area contributed by atoms with Crippen molar-refractivity contribution in [1.29, 1.82) is 0 Å². The van der Waals surface area contributed by atoms with Crippen LogP contribution in [0.3, 0.4) is 0 Å². The molecule has 0 aliphatic heterocycles. The van der Waals surface area contributed by atoms with Gasteiger partial charge in [-0.3, -0.25) is 19.2 Å². The van der Waals surface area contributed by atoms with Crippen LogP contribution in [-0.2, 0) is 54.7 Å². The Kier molecular flexibility index (Phi) is 8.63. The summed E-state index contributed by atoms with van der Waals surface area (Å²) in [7, 11) is 0. The molecule has 9 atom stereocenters. The molecule has 0 heterocycles. The molecule has 2 aromatic rings. The summed E-state index contributed by atoms with van der Waals surface area (Å²) in [6, 6.07) is 11.6. The van der Waals surface area contributed by atoms with Crippen molar-refractivity contribution in [2.45, 2.75) is 90.3 Å². The van der Waals surface area contributed by atoms with E-state index in [-0.39, 0.29) is 17.7 Å². The van der Waals surface area contributed by atoms with Gasteiger partial charge < -0.3 is 33.9 Å². The summed E-state index contributed by atoms with van der Waals surface area (Å²) in [5.41, 5.74) is -3.99. The molecule has 252 valence electrons. The van der Waals surface area contributed by atoms with Crippen LogP contribution in [0.5, 0.6) is 5.75 Å². The summed E-state index contributed by atoms with van der Waals surface area (Å²) in [6.07, 6.45) is -5.71. The Morgan fingerprint density at radius 1 is 0.830 bits per heavy atom. The van der Waals surface area contributed by atoms with Gasteiger partial charge in [0.2, 0.25) is 0 Å². The first kappa shape index (κ1) is 33.9. The zero-order valence-corrected chi connectivity index (χ0v) is 27.4. The molecule has 12 nitrogen and oxygen atoms in total. The van der Waals surface area contributed by atoms with E-state index in [2.05, 4.69) is 0 Å². The van der Waals surface area contributed by atoms with Gasteiger partial charge in [0.15, 0.2) is 0 Å². The molecule has 3 aliphatic carbocycles. The molecule has 0 bridgehead atoms. The minimum Gasteiger partial charge on any atom is -0.507 e. The lowest BCUT2D eigenvalue weighted by Gasteiger charge is -2.62. The van der Waals surface area contributed by atoms with E-state index >= 15 is 0 Å². The third-order valence-electron chi connectivity index (χ3n) is 10.3. The zero-order chi connectivity index (χ0) is 34.6. The minimum absolute atomic E-state index is 0.0359. The number of aryl methyl sites for hydroxylation is 1. The van der Waals surface area contributed by atoms with Gasteiger partial charge in [0.25, 0.3) is 0 Å². The third kappa shape index (κ3) is 5.13. The smallest absolute Gasteiger partial charge is 0.338 e. The second kappa shape index (κ2) is 12.0. The van der Waals surface area contributed by atoms with Crippen molar-refractivity contribution in [3.05, 3.63) is 64.7 Å². The standard InChI is InChI=1S/C35H40O12/c1-17-13-14-24-15-34(16-43-19(3)36)30(45-21(5)38)26-28(47-31(41)23-11-9-8-10-12-23)18(2)29(44-20(4)37)35(26,42)32(46-22(6)39)33(34,7)25(24)27(17)40/h8-14,18,26,28-30,32,40,42H,15-16H2,1-7H3/t18-,26-,28+,29-,30-,32-,33-,34-,35+/m0/s1. The van der Waals surface area contributed by atoms with Crippen LogP contribution >= 0.6 is 0 Å². The Morgan fingerprint density at radius 2 is 1.43 bits per heavy atom. The van der Waals surface area contributed by atoms with Crippen LogP contribution in [0.1, 0.15) is 68.6 Å². The molecule has 0 aromatic heterocycles. The van der Waals surface area contributed by atoms with E-state index in [1.165, 1.54) is 13.8 Å². The lowest BCUT2D eigenvalue weighted by atomic mass is 9.47. The number of aliphatic hydroxyl groups is 1. The topological polar surface area (TPSA) is 172 Å². The van der Waals surface area contributed by atoms with Crippen LogP contribution in [0.4, 0.5) is 0 Å². The number of phenolic OH excluding ortho intramolecular Hbond substituents is 1. The number of benzene rings is 2. The summed E-state index contributed by atoms with van der Waals surface area (Å²) >= 11 is 0. The first-order chi connectivity index (χ1) is 22.0. The summed E-state index contributed by atoms with van der Waals surface area (Å²) < 4.78 is 29.7. The van der Waals surface area contributed by atoms with E-state index < -0.39 is 89.1 Å². The molecule has 0 amide bonds. The predicted octanol–water partition coefficient (Wildman–Crippen LogP) is 3.10. The van der Waals surface area contributed by atoms with E-state index in [0.29, 0.717) is 16.7 Å². The molecule has 3 aliphatic rings. The molecule has 2 aromatic carbocycles. The highest BCUT2D eigenvalue weighted by Crippen LogP contribution is 2.70. The van der Waals surface area contributed by atoms with Gasteiger partial charge in [0, 0.05) is 44.6 Å². The monoisotopic (exact) mass is 652 g/mol. The van der Waals surface area contributed by atoms with Crippen LogP contribution in [0, 0.1) is 24.2 Å². The van der Waals surface area contributed by atoms with Gasteiger partial charge >= 0.3 is 29.8 Å². The largest absolute Gasteiger partial charge is 0.507 e. The fourth-order valence-electron chi connectivity index (χ4n) is 8.53. The molecule has 47 heavy (non-hydrogen) atoms. The molecule has 0 spiro atoms. The average molecular weight is 653 g/mol. The SMILES string of the molecule is CC(=O)OC[C@]12Cc3ccc(C)c(O)c3[C@@]1(C)[C@H](OC(C)=O)[C@@]1(O)[C@@H]([C@H](OC(=O)c3ccccc3)[C@H](C)[C@@H]1OC(C)=O)[C@@H]2OC(C)=O. The maximum Gasteiger partial charge on any atom is 0.338 e. The van der Waals surface area contributed by atoms with Gasteiger partial charge in [-0.1, -0.05) is 44.2 Å². The number of hydrogen-bond donors (Lipinski definition) is 2. The molecular formula is C35H40O12. The number of ether oxygens (including phenoxy) is 5. The highest BCUT2D eigenvalue weighted by atomic mass is 16.6. The average Bonchev–Trinajstić information content (AvgIpc) is 3.37. The normalized spacial score (nSPS) is 33.4. The lowest BCUT2D eigenvalue weighted by Crippen LogP contribution is -2.77. The van der Waals surface area contributed by atoms with Gasteiger partial charge in [-0.25, -0.2) is 4.79 Å².